The SMILES string of the molecule is CCONCC(O)c1ccc(F)cc1. The molecular weight excluding hydrogens is 185 g/mol. The second-order valence-electron chi connectivity index (χ2n) is 2.85. The number of halogens is 1. The number of aliphatic hydroxyl groups excluding tert-OH is 1. The number of benzene rings is 1. The molecule has 14 heavy (non-hydrogen) atoms. The van der Waals surface area contributed by atoms with Crippen LogP contribution < -0.4 is 5.48 Å². The summed E-state index contributed by atoms with van der Waals surface area (Å²) in [6, 6.07) is 5.74. The monoisotopic (exact) mass is 199 g/mol. The van der Waals surface area contributed by atoms with Gasteiger partial charge in [-0.1, -0.05) is 12.1 Å². The van der Waals surface area contributed by atoms with Crippen molar-refractivity contribution in [2.75, 3.05) is 13.2 Å². The van der Waals surface area contributed by atoms with E-state index in [2.05, 4.69) is 5.48 Å². The zero-order valence-electron chi connectivity index (χ0n) is 8.03. The largest absolute Gasteiger partial charge is 0.387 e. The Labute approximate surface area is 82.5 Å². The van der Waals surface area contributed by atoms with Crippen LogP contribution in [-0.4, -0.2) is 18.3 Å². The highest BCUT2D eigenvalue weighted by molar-refractivity contribution is 5.18. The van der Waals surface area contributed by atoms with Gasteiger partial charge in [-0.3, -0.25) is 0 Å². The second-order valence-corrected chi connectivity index (χ2v) is 2.85. The van der Waals surface area contributed by atoms with Crippen LogP contribution in [0.15, 0.2) is 24.3 Å². The average Bonchev–Trinajstić information content (AvgIpc) is 2.19. The van der Waals surface area contributed by atoms with E-state index >= 15 is 0 Å². The van der Waals surface area contributed by atoms with Crippen molar-refractivity contribution in [3.8, 4) is 0 Å². The zero-order chi connectivity index (χ0) is 10.4. The van der Waals surface area contributed by atoms with Gasteiger partial charge in [0.2, 0.25) is 0 Å². The van der Waals surface area contributed by atoms with Gasteiger partial charge in [0.1, 0.15) is 5.82 Å². The lowest BCUT2D eigenvalue weighted by Crippen LogP contribution is -2.21. The molecule has 78 valence electrons. The van der Waals surface area contributed by atoms with E-state index in [0.717, 1.165) is 0 Å². The molecule has 0 saturated carbocycles. The summed E-state index contributed by atoms with van der Waals surface area (Å²) in [4.78, 5) is 4.87. The van der Waals surface area contributed by atoms with Crippen molar-refractivity contribution in [3.63, 3.8) is 0 Å². The number of nitrogens with one attached hydrogen (secondary N) is 1. The lowest BCUT2D eigenvalue weighted by atomic mass is 10.1. The fourth-order valence-corrected chi connectivity index (χ4v) is 1.04. The van der Waals surface area contributed by atoms with Gasteiger partial charge in [-0.15, -0.1) is 0 Å². The summed E-state index contributed by atoms with van der Waals surface area (Å²) in [5.74, 6) is -0.307. The van der Waals surface area contributed by atoms with Crippen LogP contribution in [-0.2, 0) is 4.84 Å². The van der Waals surface area contributed by atoms with E-state index in [1.165, 1.54) is 12.1 Å². The van der Waals surface area contributed by atoms with E-state index < -0.39 is 6.10 Å². The van der Waals surface area contributed by atoms with Crippen molar-refractivity contribution in [2.24, 2.45) is 0 Å². The third kappa shape index (κ3) is 3.41. The van der Waals surface area contributed by atoms with Gasteiger partial charge in [-0.2, -0.15) is 5.48 Å². The highest BCUT2D eigenvalue weighted by Gasteiger charge is 2.06. The molecule has 1 atom stereocenters. The van der Waals surface area contributed by atoms with Crippen LogP contribution in [0, 0.1) is 5.82 Å². The summed E-state index contributed by atoms with van der Waals surface area (Å²) >= 11 is 0. The molecule has 0 aliphatic heterocycles. The highest BCUT2D eigenvalue weighted by Crippen LogP contribution is 2.12. The Morgan fingerprint density at radius 1 is 1.43 bits per heavy atom. The van der Waals surface area contributed by atoms with Gasteiger partial charge in [0.15, 0.2) is 0 Å². The third-order valence-corrected chi connectivity index (χ3v) is 1.78. The fraction of sp³-hybridized carbons (Fsp3) is 0.400. The number of hydrogen-bond acceptors (Lipinski definition) is 3. The van der Waals surface area contributed by atoms with Crippen molar-refractivity contribution in [2.45, 2.75) is 13.0 Å². The van der Waals surface area contributed by atoms with E-state index in [0.29, 0.717) is 18.7 Å². The van der Waals surface area contributed by atoms with Crippen molar-refractivity contribution < 1.29 is 14.3 Å². The molecule has 3 nitrogen and oxygen atoms in total. The Balaban J connectivity index is 2.43. The van der Waals surface area contributed by atoms with Crippen LogP contribution in [0.5, 0.6) is 0 Å². The summed E-state index contributed by atoms with van der Waals surface area (Å²) in [5, 5.41) is 9.57. The van der Waals surface area contributed by atoms with E-state index in [9.17, 15) is 9.50 Å². The molecule has 1 aromatic rings. The molecule has 1 unspecified atom stereocenters. The van der Waals surface area contributed by atoms with Crippen molar-refractivity contribution in [1.82, 2.24) is 5.48 Å². The van der Waals surface area contributed by atoms with E-state index in [1.807, 2.05) is 6.92 Å². The molecule has 0 aliphatic carbocycles. The molecule has 0 amide bonds. The molecule has 1 rings (SSSR count). The van der Waals surface area contributed by atoms with Crippen molar-refractivity contribution in [3.05, 3.63) is 35.6 Å². The van der Waals surface area contributed by atoms with Gasteiger partial charge in [0.05, 0.1) is 19.3 Å². The van der Waals surface area contributed by atoms with Crippen molar-refractivity contribution in [1.29, 1.82) is 0 Å². The highest BCUT2D eigenvalue weighted by atomic mass is 19.1. The second kappa shape index (κ2) is 5.70. The maximum Gasteiger partial charge on any atom is 0.123 e. The molecule has 0 bridgehead atoms. The van der Waals surface area contributed by atoms with Gasteiger partial charge in [-0.25, -0.2) is 4.39 Å². The molecule has 0 spiro atoms. The first kappa shape index (κ1) is 11.1. The van der Waals surface area contributed by atoms with Gasteiger partial charge in [0, 0.05) is 0 Å². The minimum absolute atomic E-state index is 0.291. The van der Waals surface area contributed by atoms with Crippen molar-refractivity contribution >= 4 is 0 Å². The molecule has 2 N–H and O–H groups in total. The Bertz CT molecular complexity index is 263. The minimum Gasteiger partial charge on any atom is -0.387 e. The van der Waals surface area contributed by atoms with Crippen LogP contribution in [0.3, 0.4) is 0 Å². The Kier molecular flexibility index (Phi) is 4.52. The summed E-state index contributed by atoms with van der Waals surface area (Å²) in [6.45, 7) is 2.67. The molecule has 0 aromatic heterocycles. The summed E-state index contributed by atoms with van der Waals surface area (Å²) in [5.41, 5.74) is 3.27. The van der Waals surface area contributed by atoms with E-state index in [4.69, 9.17) is 4.84 Å². The topological polar surface area (TPSA) is 41.5 Å². The first-order valence-corrected chi connectivity index (χ1v) is 4.52. The molecule has 0 heterocycles. The number of hydroxylamine groups is 1. The first-order valence-electron chi connectivity index (χ1n) is 4.52. The van der Waals surface area contributed by atoms with Gasteiger partial charge < -0.3 is 9.94 Å². The summed E-state index contributed by atoms with van der Waals surface area (Å²) in [6.07, 6.45) is -0.679. The Morgan fingerprint density at radius 3 is 2.64 bits per heavy atom. The van der Waals surface area contributed by atoms with Gasteiger partial charge in [0.25, 0.3) is 0 Å². The zero-order valence-corrected chi connectivity index (χ0v) is 8.03. The lowest BCUT2D eigenvalue weighted by molar-refractivity contribution is 0.0209. The first-order chi connectivity index (χ1) is 6.74. The van der Waals surface area contributed by atoms with Gasteiger partial charge in [-0.05, 0) is 24.6 Å². The standard InChI is InChI=1S/C10H14FNO2/c1-2-14-12-7-10(13)8-3-5-9(11)6-4-8/h3-6,10,12-13H,2,7H2,1H3. The smallest absolute Gasteiger partial charge is 0.123 e. The molecule has 4 heteroatoms. The van der Waals surface area contributed by atoms with Gasteiger partial charge >= 0.3 is 0 Å². The quantitative estimate of drug-likeness (QED) is 0.556. The fourth-order valence-electron chi connectivity index (χ4n) is 1.04. The van der Waals surface area contributed by atoms with Crippen LogP contribution in [0.4, 0.5) is 4.39 Å². The van der Waals surface area contributed by atoms with Crippen LogP contribution in [0.1, 0.15) is 18.6 Å². The summed E-state index contributed by atoms with van der Waals surface area (Å²) in [7, 11) is 0. The molecular formula is C10H14FNO2. The number of aliphatic hydroxyl groups is 1. The normalized spacial score (nSPS) is 12.8. The Hall–Kier alpha value is -0.970. The predicted molar refractivity (Wildman–Crippen MR) is 51.0 cm³/mol. The number of rotatable bonds is 5. The molecule has 1 aromatic carbocycles. The molecule has 0 saturated heterocycles. The minimum atomic E-state index is -0.679. The van der Waals surface area contributed by atoms with Crippen LogP contribution >= 0.6 is 0 Å². The lowest BCUT2D eigenvalue weighted by Gasteiger charge is -2.11. The number of hydrogen-bond donors (Lipinski definition) is 2. The van der Waals surface area contributed by atoms with Crippen LogP contribution in [0.25, 0.3) is 0 Å². The average molecular weight is 199 g/mol. The Morgan fingerprint density at radius 2 is 2.07 bits per heavy atom. The van der Waals surface area contributed by atoms with E-state index in [1.54, 1.807) is 12.1 Å². The maximum absolute atomic E-state index is 12.5. The summed E-state index contributed by atoms with van der Waals surface area (Å²) < 4.78 is 12.5. The van der Waals surface area contributed by atoms with E-state index in [-0.39, 0.29) is 5.82 Å². The predicted octanol–water partition coefficient (Wildman–Crippen LogP) is 1.40. The maximum atomic E-state index is 12.5. The molecule has 0 aliphatic rings. The third-order valence-electron chi connectivity index (χ3n) is 1.78. The van der Waals surface area contributed by atoms with Crippen LogP contribution in [0.2, 0.25) is 0 Å². The molecule has 0 fully saturated rings. The molecule has 0 radical (unpaired) electrons.